The molecule has 0 radical (unpaired) electrons. The van der Waals surface area contributed by atoms with Crippen LogP contribution in [-0.2, 0) is 4.74 Å². The van der Waals surface area contributed by atoms with Gasteiger partial charge in [-0.25, -0.2) is 9.78 Å². The number of carbonyl (C=O) groups excluding carboxylic acids is 1. The van der Waals surface area contributed by atoms with Crippen LogP contribution in [0, 0.1) is 3.57 Å². The predicted octanol–water partition coefficient (Wildman–Crippen LogP) is 2.77. The molecule has 0 spiro atoms. The van der Waals surface area contributed by atoms with Gasteiger partial charge < -0.3 is 14.2 Å². The van der Waals surface area contributed by atoms with Crippen molar-refractivity contribution in [3.63, 3.8) is 0 Å². The lowest BCUT2D eigenvalue weighted by Crippen LogP contribution is -2.19. The van der Waals surface area contributed by atoms with Gasteiger partial charge >= 0.3 is 12.3 Å². The number of methoxy groups -OCH3 is 1. The van der Waals surface area contributed by atoms with Gasteiger partial charge in [0.15, 0.2) is 5.75 Å². The SMILES string of the molecule is CCOC(=O)c1cnc(OC(F)(F)F)c(OC)c1I. The molecular weight excluding hydrogens is 382 g/mol. The maximum absolute atomic E-state index is 12.2. The molecule has 106 valence electrons. The van der Waals surface area contributed by atoms with Crippen LogP contribution in [0.1, 0.15) is 17.3 Å². The first-order valence-corrected chi connectivity index (χ1v) is 6.03. The number of ether oxygens (including phenoxy) is 3. The van der Waals surface area contributed by atoms with E-state index in [2.05, 4.69) is 9.72 Å². The molecule has 1 aromatic heterocycles. The van der Waals surface area contributed by atoms with E-state index >= 15 is 0 Å². The Hall–Kier alpha value is -1.26. The molecule has 5 nitrogen and oxygen atoms in total. The molecule has 19 heavy (non-hydrogen) atoms. The average molecular weight is 391 g/mol. The highest BCUT2D eigenvalue weighted by molar-refractivity contribution is 14.1. The Balaban J connectivity index is 3.19. The predicted molar refractivity (Wildman–Crippen MR) is 66.1 cm³/mol. The van der Waals surface area contributed by atoms with Crippen LogP contribution >= 0.6 is 22.6 Å². The number of hydrogen-bond acceptors (Lipinski definition) is 5. The van der Waals surface area contributed by atoms with E-state index in [1.165, 1.54) is 0 Å². The van der Waals surface area contributed by atoms with E-state index < -0.39 is 18.2 Å². The Kier molecular flexibility index (Phi) is 5.20. The molecule has 1 aromatic rings. The summed E-state index contributed by atoms with van der Waals surface area (Å²) in [6, 6.07) is 0. The third-order valence-corrected chi connectivity index (χ3v) is 2.92. The highest BCUT2D eigenvalue weighted by Gasteiger charge is 2.34. The zero-order chi connectivity index (χ0) is 14.6. The lowest BCUT2D eigenvalue weighted by Gasteiger charge is -2.14. The van der Waals surface area contributed by atoms with E-state index in [4.69, 9.17) is 9.47 Å². The van der Waals surface area contributed by atoms with E-state index in [9.17, 15) is 18.0 Å². The third-order valence-electron chi connectivity index (χ3n) is 1.85. The van der Waals surface area contributed by atoms with Crippen LogP contribution in [0.25, 0.3) is 0 Å². The minimum absolute atomic E-state index is 0.00817. The molecule has 0 aliphatic heterocycles. The first kappa shape index (κ1) is 15.8. The fraction of sp³-hybridized carbons (Fsp3) is 0.400. The number of rotatable bonds is 4. The van der Waals surface area contributed by atoms with Gasteiger partial charge in [0.2, 0.25) is 0 Å². The third kappa shape index (κ3) is 4.11. The molecule has 9 heteroatoms. The van der Waals surface area contributed by atoms with Crippen LogP contribution in [0.4, 0.5) is 13.2 Å². The second kappa shape index (κ2) is 6.26. The van der Waals surface area contributed by atoms with Crippen molar-refractivity contribution in [2.75, 3.05) is 13.7 Å². The zero-order valence-electron chi connectivity index (χ0n) is 9.88. The number of alkyl halides is 3. The summed E-state index contributed by atoms with van der Waals surface area (Å²) < 4.78 is 49.8. The molecule has 0 fully saturated rings. The number of esters is 1. The fourth-order valence-corrected chi connectivity index (χ4v) is 1.98. The molecule has 0 N–H and O–H groups in total. The van der Waals surface area contributed by atoms with Crippen molar-refractivity contribution in [3.05, 3.63) is 15.3 Å². The number of aromatic nitrogens is 1. The number of carbonyl (C=O) groups is 1. The van der Waals surface area contributed by atoms with Crippen molar-refractivity contribution < 1.29 is 32.2 Å². The number of halogens is 4. The van der Waals surface area contributed by atoms with Crippen molar-refractivity contribution in [2.24, 2.45) is 0 Å². The van der Waals surface area contributed by atoms with Gasteiger partial charge in [0.1, 0.15) is 0 Å². The van der Waals surface area contributed by atoms with Crippen LogP contribution in [0.3, 0.4) is 0 Å². The quantitative estimate of drug-likeness (QED) is 0.584. The monoisotopic (exact) mass is 391 g/mol. The topological polar surface area (TPSA) is 57.7 Å². The smallest absolute Gasteiger partial charge is 0.490 e. The van der Waals surface area contributed by atoms with Crippen molar-refractivity contribution >= 4 is 28.6 Å². The largest absolute Gasteiger partial charge is 0.574 e. The minimum Gasteiger partial charge on any atom is -0.490 e. The first-order chi connectivity index (χ1) is 8.80. The van der Waals surface area contributed by atoms with Crippen molar-refractivity contribution in [3.8, 4) is 11.6 Å². The summed E-state index contributed by atoms with van der Waals surface area (Å²) in [4.78, 5) is 15.0. The van der Waals surface area contributed by atoms with Gasteiger partial charge in [0.25, 0.3) is 5.88 Å². The summed E-state index contributed by atoms with van der Waals surface area (Å²) in [6.45, 7) is 1.74. The Bertz CT molecular complexity index is 479. The van der Waals surface area contributed by atoms with Gasteiger partial charge in [-0.3, -0.25) is 0 Å². The van der Waals surface area contributed by atoms with Crippen molar-refractivity contribution in [2.45, 2.75) is 13.3 Å². The van der Waals surface area contributed by atoms with Gasteiger partial charge in [-0.05, 0) is 29.5 Å². The normalized spacial score (nSPS) is 11.1. The van der Waals surface area contributed by atoms with Gasteiger partial charge in [0, 0.05) is 6.20 Å². The molecule has 0 aliphatic carbocycles. The molecule has 1 heterocycles. The van der Waals surface area contributed by atoms with Gasteiger partial charge in [-0.15, -0.1) is 13.2 Å². The van der Waals surface area contributed by atoms with Gasteiger partial charge in [0.05, 0.1) is 22.9 Å². The van der Waals surface area contributed by atoms with Crippen molar-refractivity contribution in [1.29, 1.82) is 0 Å². The van der Waals surface area contributed by atoms with Crippen LogP contribution in [0.5, 0.6) is 11.6 Å². The van der Waals surface area contributed by atoms with E-state index in [0.717, 1.165) is 13.3 Å². The maximum atomic E-state index is 12.2. The summed E-state index contributed by atoms with van der Waals surface area (Å²) in [5.74, 6) is -1.73. The van der Waals surface area contributed by atoms with Crippen LogP contribution in [0.15, 0.2) is 6.20 Å². The van der Waals surface area contributed by atoms with Gasteiger partial charge in [-0.1, -0.05) is 0 Å². The molecule has 0 bridgehead atoms. The van der Waals surface area contributed by atoms with E-state index in [1.54, 1.807) is 29.5 Å². The Labute approximate surface area is 120 Å². The maximum Gasteiger partial charge on any atom is 0.574 e. The Morgan fingerprint density at radius 2 is 2.11 bits per heavy atom. The summed E-state index contributed by atoms with van der Waals surface area (Å²) in [5, 5.41) is 0. The highest BCUT2D eigenvalue weighted by atomic mass is 127. The second-order valence-corrected chi connectivity index (χ2v) is 4.17. The highest BCUT2D eigenvalue weighted by Crippen LogP contribution is 2.35. The Morgan fingerprint density at radius 3 is 2.58 bits per heavy atom. The zero-order valence-corrected chi connectivity index (χ0v) is 12.0. The van der Waals surface area contributed by atoms with E-state index in [0.29, 0.717) is 0 Å². The molecule has 0 atom stereocenters. The van der Waals surface area contributed by atoms with Crippen LogP contribution in [-0.4, -0.2) is 31.0 Å². The standard InChI is InChI=1S/C10H9F3INO4/c1-3-18-9(16)5-4-15-8(19-10(11,12)13)7(17-2)6(5)14/h4H,3H2,1-2H3. The van der Waals surface area contributed by atoms with E-state index in [-0.39, 0.29) is 21.5 Å². The summed E-state index contributed by atoms with van der Waals surface area (Å²) >= 11 is 1.66. The lowest BCUT2D eigenvalue weighted by molar-refractivity contribution is -0.276. The molecule has 0 amide bonds. The second-order valence-electron chi connectivity index (χ2n) is 3.09. The fourth-order valence-electron chi connectivity index (χ4n) is 1.17. The summed E-state index contributed by atoms with van der Waals surface area (Å²) in [5.41, 5.74) is 0.00817. The molecule has 0 aromatic carbocycles. The molecular formula is C10H9F3INO4. The first-order valence-electron chi connectivity index (χ1n) is 4.95. The average Bonchev–Trinajstić information content (AvgIpc) is 2.27. The number of hydrogen-bond donors (Lipinski definition) is 0. The number of pyridine rings is 1. The van der Waals surface area contributed by atoms with E-state index in [1.807, 2.05) is 0 Å². The van der Waals surface area contributed by atoms with Gasteiger partial charge in [-0.2, -0.15) is 0 Å². The molecule has 0 saturated carbocycles. The van der Waals surface area contributed by atoms with Crippen molar-refractivity contribution in [1.82, 2.24) is 4.98 Å². The molecule has 0 saturated heterocycles. The summed E-state index contributed by atoms with van der Waals surface area (Å²) in [6.07, 6.45) is -3.95. The Morgan fingerprint density at radius 1 is 1.47 bits per heavy atom. The van der Waals surface area contributed by atoms with Crippen LogP contribution in [0.2, 0.25) is 0 Å². The molecule has 0 unspecified atom stereocenters. The lowest BCUT2D eigenvalue weighted by atomic mass is 10.3. The molecule has 0 aliphatic rings. The number of nitrogens with zero attached hydrogens (tertiary/aromatic N) is 1. The summed E-state index contributed by atoms with van der Waals surface area (Å²) in [7, 11) is 1.15. The van der Waals surface area contributed by atoms with Crippen LogP contribution < -0.4 is 9.47 Å². The molecule has 1 rings (SSSR count). The minimum atomic E-state index is -4.89.